The van der Waals surface area contributed by atoms with Crippen molar-refractivity contribution in [2.24, 2.45) is 0 Å². The fourth-order valence-electron chi connectivity index (χ4n) is 3.25. The second-order valence-electron chi connectivity index (χ2n) is 7.54. The van der Waals surface area contributed by atoms with Crippen LogP contribution in [0.15, 0.2) is 53.4 Å². The van der Waals surface area contributed by atoms with Crippen molar-refractivity contribution in [2.75, 3.05) is 37.7 Å². The fourth-order valence-corrected chi connectivity index (χ4v) is 4.77. The van der Waals surface area contributed by atoms with Gasteiger partial charge in [0, 0.05) is 42.9 Å². The Morgan fingerprint density at radius 3 is 2.42 bits per heavy atom. The molecular formula is C22H28ClN3O4S. The molecule has 31 heavy (non-hydrogen) atoms. The second kappa shape index (κ2) is 10.3. The summed E-state index contributed by atoms with van der Waals surface area (Å²) in [6.07, 6.45) is 0.704. The van der Waals surface area contributed by atoms with Crippen LogP contribution >= 0.6 is 11.6 Å². The number of hydrogen-bond acceptors (Lipinski definition) is 5. The summed E-state index contributed by atoms with van der Waals surface area (Å²) in [6, 6.07) is 13.6. The molecule has 0 bridgehead atoms. The maximum atomic E-state index is 12.5. The number of sulfonamides is 1. The molecule has 2 aromatic carbocycles. The van der Waals surface area contributed by atoms with Crippen LogP contribution in [0, 0.1) is 0 Å². The number of nitrogens with one attached hydrogen (secondary N) is 1. The minimum Gasteiger partial charge on any atom is -0.484 e. The van der Waals surface area contributed by atoms with Crippen LogP contribution in [-0.4, -0.2) is 58.1 Å². The Balaban J connectivity index is 1.49. The minimum absolute atomic E-state index is 0.0889. The van der Waals surface area contributed by atoms with Gasteiger partial charge in [0.25, 0.3) is 5.91 Å². The molecule has 3 rings (SSSR count). The molecule has 0 radical (unpaired) electrons. The summed E-state index contributed by atoms with van der Waals surface area (Å²) < 4.78 is 32.8. The zero-order valence-corrected chi connectivity index (χ0v) is 19.3. The summed E-state index contributed by atoms with van der Waals surface area (Å²) in [7, 11) is -3.56. The van der Waals surface area contributed by atoms with Crippen LogP contribution < -0.4 is 14.4 Å². The van der Waals surface area contributed by atoms with E-state index in [1.165, 1.54) is 12.1 Å². The fraction of sp³-hybridized carbons (Fsp3) is 0.409. The largest absolute Gasteiger partial charge is 0.484 e. The van der Waals surface area contributed by atoms with Crippen LogP contribution in [0.5, 0.6) is 5.75 Å². The topological polar surface area (TPSA) is 78.9 Å². The third-order valence-corrected chi connectivity index (χ3v) is 7.11. The summed E-state index contributed by atoms with van der Waals surface area (Å²) >= 11 is 6.06. The van der Waals surface area contributed by atoms with Gasteiger partial charge in [0.15, 0.2) is 6.61 Å². The van der Waals surface area contributed by atoms with Crippen molar-refractivity contribution in [3.8, 4) is 5.75 Å². The summed E-state index contributed by atoms with van der Waals surface area (Å²) in [5.74, 6) is 0.356. The quantitative estimate of drug-likeness (QED) is 0.648. The number of amides is 1. The van der Waals surface area contributed by atoms with Gasteiger partial charge in [-0.25, -0.2) is 13.1 Å². The molecule has 7 nitrogen and oxygen atoms in total. The van der Waals surface area contributed by atoms with Gasteiger partial charge in [-0.3, -0.25) is 4.79 Å². The Hall–Kier alpha value is -2.29. The predicted molar refractivity (Wildman–Crippen MR) is 122 cm³/mol. The highest BCUT2D eigenvalue weighted by molar-refractivity contribution is 7.89. The first-order valence-corrected chi connectivity index (χ1v) is 12.2. The van der Waals surface area contributed by atoms with Crippen molar-refractivity contribution >= 4 is 33.2 Å². The van der Waals surface area contributed by atoms with E-state index in [4.69, 9.17) is 16.3 Å². The normalized spacial score (nSPS) is 15.6. The Morgan fingerprint density at radius 2 is 1.81 bits per heavy atom. The molecule has 1 N–H and O–H groups in total. The smallest absolute Gasteiger partial charge is 0.260 e. The van der Waals surface area contributed by atoms with E-state index < -0.39 is 10.0 Å². The summed E-state index contributed by atoms with van der Waals surface area (Å²) in [4.78, 5) is 16.6. The number of nitrogens with zero attached hydrogens (tertiary/aromatic N) is 2. The maximum absolute atomic E-state index is 12.5. The summed E-state index contributed by atoms with van der Waals surface area (Å²) in [6.45, 7) is 6.30. The maximum Gasteiger partial charge on any atom is 0.260 e. The van der Waals surface area contributed by atoms with E-state index in [1.54, 1.807) is 17.0 Å². The Labute approximate surface area is 189 Å². The van der Waals surface area contributed by atoms with Gasteiger partial charge in [-0.2, -0.15) is 0 Å². The molecule has 0 spiro atoms. The molecule has 1 amide bonds. The first-order chi connectivity index (χ1) is 14.8. The molecule has 1 fully saturated rings. The number of carbonyl (C=O) groups excluding carboxylic acids is 1. The van der Waals surface area contributed by atoms with E-state index in [9.17, 15) is 13.2 Å². The average molecular weight is 466 g/mol. The molecule has 9 heteroatoms. The van der Waals surface area contributed by atoms with Crippen molar-refractivity contribution in [3.05, 3.63) is 53.6 Å². The molecule has 0 saturated carbocycles. The number of anilines is 1. The molecule has 0 aliphatic carbocycles. The van der Waals surface area contributed by atoms with E-state index in [0.29, 0.717) is 30.3 Å². The van der Waals surface area contributed by atoms with Gasteiger partial charge in [-0.15, -0.1) is 0 Å². The number of benzene rings is 2. The molecular weight excluding hydrogens is 438 g/mol. The Bertz CT molecular complexity index is 990. The summed E-state index contributed by atoms with van der Waals surface area (Å²) in [5.41, 5.74) is 1.05. The lowest BCUT2D eigenvalue weighted by atomic mass is 10.2. The van der Waals surface area contributed by atoms with Gasteiger partial charge in [-0.05, 0) is 55.8 Å². The van der Waals surface area contributed by atoms with Gasteiger partial charge >= 0.3 is 0 Å². The van der Waals surface area contributed by atoms with Crippen molar-refractivity contribution in [1.82, 2.24) is 9.62 Å². The molecule has 1 saturated heterocycles. The monoisotopic (exact) mass is 465 g/mol. The standard InChI is InChI=1S/C22H28ClN3O4S/c1-3-17(2)24-31(28,29)21-9-7-20(8-10-21)30-16-22(27)26-13-11-25(12-14-26)19-6-4-5-18(23)15-19/h4-10,15,17,24H,3,11-14,16H2,1-2H3/t17-/m0/s1. The third kappa shape index (κ3) is 6.35. The molecule has 1 atom stereocenters. The van der Waals surface area contributed by atoms with Gasteiger partial charge in [-0.1, -0.05) is 24.6 Å². The van der Waals surface area contributed by atoms with Crippen LogP contribution in [0.2, 0.25) is 5.02 Å². The highest BCUT2D eigenvalue weighted by Gasteiger charge is 2.22. The van der Waals surface area contributed by atoms with Crippen molar-refractivity contribution in [2.45, 2.75) is 31.2 Å². The van der Waals surface area contributed by atoms with E-state index in [0.717, 1.165) is 18.8 Å². The van der Waals surface area contributed by atoms with Gasteiger partial charge < -0.3 is 14.5 Å². The van der Waals surface area contributed by atoms with Crippen molar-refractivity contribution in [1.29, 1.82) is 0 Å². The highest BCUT2D eigenvalue weighted by Crippen LogP contribution is 2.21. The lowest BCUT2D eigenvalue weighted by Gasteiger charge is -2.36. The van der Waals surface area contributed by atoms with Crippen LogP contribution in [0.4, 0.5) is 5.69 Å². The first-order valence-electron chi connectivity index (χ1n) is 10.3. The molecule has 1 aliphatic heterocycles. The second-order valence-corrected chi connectivity index (χ2v) is 9.69. The zero-order valence-electron chi connectivity index (χ0n) is 17.8. The minimum atomic E-state index is -3.56. The molecule has 1 aliphatic rings. The van der Waals surface area contributed by atoms with Crippen LogP contribution in [0.3, 0.4) is 0 Å². The predicted octanol–water partition coefficient (Wildman–Crippen LogP) is 3.14. The van der Waals surface area contributed by atoms with Crippen molar-refractivity contribution < 1.29 is 17.9 Å². The van der Waals surface area contributed by atoms with Gasteiger partial charge in [0.1, 0.15) is 5.75 Å². The number of piperazine rings is 1. The number of hydrogen-bond donors (Lipinski definition) is 1. The first kappa shape index (κ1) is 23.4. The van der Waals surface area contributed by atoms with E-state index in [1.807, 2.05) is 38.1 Å². The molecule has 0 aromatic heterocycles. The van der Waals surface area contributed by atoms with E-state index in [2.05, 4.69) is 9.62 Å². The van der Waals surface area contributed by atoms with Crippen molar-refractivity contribution in [3.63, 3.8) is 0 Å². The third-order valence-electron chi connectivity index (χ3n) is 5.27. The number of halogens is 1. The number of ether oxygens (including phenoxy) is 1. The molecule has 168 valence electrons. The van der Waals surface area contributed by atoms with E-state index in [-0.39, 0.29) is 23.5 Å². The summed E-state index contributed by atoms with van der Waals surface area (Å²) in [5, 5.41) is 0.693. The number of rotatable bonds is 8. The lowest BCUT2D eigenvalue weighted by Crippen LogP contribution is -2.50. The average Bonchev–Trinajstić information content (AvgIpc) is 2.77. The van der Waals surface area contributed by atoms with E-state index >= 15 is 0 Å². The Morgan fingerprint density at radius 1 is 1.13 bits per heavy atom. The SMILES string of the molecule is CC[C@H](C)NS(=O)(=O)c1ccc(OCC(=O)N2CCN(c3cccc(Cl)c3)CC2)cc1. The molecule has 2 aromatic rings. The van der Waals surface area contributed by atoms with Crippen LogP contribution in [-0.2, 0) is 14.8 Å². The molecule has 1 heterocycles. The Kier molecular flexibility index (Phi) is 7.80. The lowest BCUT2D eigenvalue weighted by molar-refractivity contribution is -0.133. The van der Waals surface area contributed by atoms with Crippen LogP contribution in [0.25, 0.3) is 0 Å². The highest BCUT2D eigenvalue weighted by atomic mass is 35.5. The number of carbonyl (C=O) groups is 1. The van der Waals surface area contributed by atoms with Gasteiger partial charge in [0.05, 0.1) is 4.90 Å². The van der Waals surface area contributed by atoms with Crippen LogP contribution in [0.1, 0.15) is 20.3 Å². The molecule has 0 unspecified atom stereocenters. The van der Waals surface area contributed by atoms with Gasteiger partial charge in [0.2, 0.25) is 10.0 Å². The zero-order chi connectivity index (χ0) is 22.4.